The van der Waals surface area contributed by atoms with E-state index in [0.29, 0.717) is 16.0 Å². The van der Waals surface area contributed by atoms with Gasteiger partial charge in [0.2, 0.25) is 0 Å². The summed E-state index contributed by atoms with van der Waals surface area (Å²) in [4.78, 5) is 35.5. The number of para-hydroxylation sites is 1. The minimum Gasteiger partial charge on any atom is -0.612 e. The van der Waals surface area contributed by atoms with Crippen molar-refractivity contribution in [2.45, 2.75) is 17.9 Å². The molecule has 0 saturated heterocycles. The van der Waals surface area contributed by atoms with Crippen LogP contribution in [0.25, 0.3) is 16.7 Å². The molecule has 0 saturated carbocycles. The van der Waals surface area contributed by atoms with Gasteiger partial charge in [-0.3, -0.25) is 14.3 Å². The summed E-state index contributed by atoms with van der Waals surface area (Å²) in [6, 6.07) is 13.2. The van der Waals surface area contributed by atoms with Crippen LogP contribution in [0.2, 0.25) is 0 Å². The highest BCUT2D eigenvalue weighted by molar-refractivity contribution is 7.90. The molecule has 0 spiro atoms. The van der Waals surface area contributed by atoms with Gasteiger partial charge in [0, 0.05) is 18.6 Å². The largest absolute Gasteiger partial charge is 0.612 e. The van der Waals surface area contributed by atoms with Crippen LogP contribution in [0.4, 0.5) is 0 Å². The van der Waals surface area contributed by atoms with Crippen LogP contribution in [-0.2, 0) is 11.2 Å². The first-order valence-electron chi connectivity index (χ1n) is 8.95. The van der Waals surface area contributed by atoms with Gasteiger partial charge in [0.15, 0.2) is 10.5 Å². The maximum absolute atomic E-state index is 13.6. The molecule has 8 heteroatoms. The predicted octanol–water partition coefficient (Wildman–Crippen LogP) is 2.29. The smallest absolute Gasteiger partial charge is 0.338 e. The third-order valence-electron chi connectivity index (χ3n) is 4.84. The number of hydrogen-bond acceptors (Lipinski definition) is 5. The molecule has 0 aliphatic rings. The molecule has 2 atom stereocenters. The number of benzene rings is 1. The summed E-state index contributed by atoms with van der Waals surface area (Å²) in [5, 5.41) is 0.310. The van der Waals surface area contributed by atoms with Crippen molar-refractivity contribution in [3.05, 3.63) is 93.5 Å². The second-order valence-corrected chi connectivity index (χ2v) is 7.89. The van der Waals surface area contributed by atoms with Crippen molar-refractivity contribution in [3.8, 4) is 5.69 Å². The van der Waals surface area contributed by atoms with Crippen LogP contribution in [-0.4, -0.2) is 29.9 Å². The fraction of sp³-hybridized carbons (Fsp3) is 0.143. The van der Waals surface area contributed by atoms with Gasteiger partial charge in [-0.1, -0.05) is 12.1 Å². The number of rotatable bonds is 4. The van der Waals surface area contributed by atoms with E-state index < -0.39 is 28.5 Å². The van der Waals surface area contributed by atoms with Gasteiger partial charge in [0.05, 0.1) is 11.4 Å². The van der Waals surface area contributed by atoms with E-state index in [2.05, 4.69) is 9.97 Å². The lowest BCUT2D eigenvalue weighted by Gasteiger charge is -2.19. The molecule has 7 nitrogen and oxygen atoms in total. The van der Waals surface area contributed by atoms with Crippen molar-refractivity contribution in [2.24, 2.45) is 0 Å². The maximum atomic E-state index is 13.6. The average molecular weight is 406 g/mol. The molecule has 0 radical (unpaired) electrons. The molecule has 4 aromatic rings. The van der Waals surface area contributed by atoms with Crippen LogP contribution < -0.4 is 11.2 Å². The second kappa shape index (κ2) is 7.65. The van der Waals surface area contributed by atoms with E-state index in [9.17, 15) is 14.1 Å². The zero-order chi connectivity index (χ0) is 20.5. The molecular weight excluding hydrogens is 388 g/mol. The molecule has 0 fully saturated rings. The van der Waals surface area contributed by atoms with Crippen LogP contribution in [0.3, 0.4) is 0 Å². The Morgan fingerprint density at radius 2 is 1.72 bits per heavy atom. The van der Waals surface area contributed by atoms with E-state index in [4.69, 9.17) is 0 Å². The van der Waals surface area contributed by atoms with E-state index in [1.54, 1.807) is 74.1 Å². The van der Waals surface area contributed by atoms with Crippen LogP contribution in [0, 0.1) is 0 Å². The van der Waals surface area contributed by atoms with E-state index in [0.717, 1.165) is 5.56 Å². The molecule has 146 valence electrons. The van der Waals surface area contributed by atoms with Gasteiger partial charge in [-0.05, 0) is 60.1 Å². The van der Waals surface area contributed by atoms with Crippen molar-refractivity contribution in [2.75, 3.05) is 6.26 Å². The van der Waals surface area contributed by atoms with E-state index in [-0.39, 0.29) is 5.65 Å². The summed E-state index contributed by atoms with van der Waals surface area (Å²) in [5.41, 5.74) is 0.495. The van der Waals surface area contributed by atoms with Gasteiger partial charge in [0.25, 0.3) is 5.56 Å². The molecule has 29 heavy (non-hydrogen) atoms. The van der Waals surface area contributed by atoms with E-state index in [1.807, 2.05) is 0 Å². The number of pyridine rings is 2. The van der Waals surface area contributed by atoms with E-state index in [1.165, 1.54) is 15.3 Å². The third kappa shape index (κ3) is 3.26. The monoisotopic (exact) mass is 406 g/mol. The Bertz CT molecular complexity index is 1300. The van der Waals surface area contributed by atoms with Crippen molar-refractivity contribution in [3.63, 3.8) is 0 Å². The Morgan fingerprint density at radius 3 is 2.45 bits per heavy atom. The summed E-state index contributed by atoms with van der Waals surface area (Å²) in [6.45, 7) is 1.79. The molecule has 3 aromatic heterocycles. The van der Waals surface area contributed by atoms with Crippen molar-refractivity contribution in [1.82, 2.24) is 19.1 Å². The first kappa shape index (κ1) is 19.1. The first-order valence-corrected chi connectivity index (χ1v) is 10.5. The fourth-order valence-electron chi connectivity index (χ4n) is 3.39. The standard InChI is InChI=1S/C21H18N4O3S/c1-14(15-9-12-22-13-10-15)24-20(26)16-6-5-11-23-19(16)25(21(24)27)17-7-3-4-8-18(17)29(2)28/h3-14H,1-2H3. The van der Waals surface area contributed by atoms with Gasteiger partial charge in [-0.25, -0.2) is 14.3 Å². The summed E-state index contributed by atoms with van der Waals surface area (Å²) in [6.07, 6.45) is 6.32. The zero-order valence-corrected chi connectivity index (χ0v) is 16.7. The molecular formula is C21H18N4O3S. The summed E-state index contributed by atoms with van der Waals surface area (Å²) in [5.74, 6) is 0. The van der Waals surface area contributed by atoms with Gasteiger partial charge < -0.3 is 4.55 Å². The molecule has 0 bridgehead atoms. The van der Waals surface area contributed by atoms with E-state index >= 15 is 0 Å². The Hall–Kier alpha value is -3.23. The van der Waals surface area contributed by atoms with Crippen LogP contribution in [0.1, 0.15) is 18.5 Å². The average Bonchev–Trinajstić information content (AvgIpc) is 2.74. The molecule has 0 aliphatic carbocycles. The van der Waals surface area contributed by atoms with Crippen LogP contribution >= 0.6 is 0 Å². The van der Waals surface area contributed by atoms with Gasteiger partial charge in [-0.2, -0.15) is 0 Å². The molecule has 0 amide bonds. The Kier molecular flexibility index (Phi) is 5.04. The predicted molar refractivity (Wildman–Crippen MR) is 112 cm³/mol. The number of nitrogens with zero attached hydrogens (tertiary/aromatic N) is 4. The van der Waals surface area contributed by atoms with Crippen molar-refractivity contribution < 1.29 is 4.55 Å². The third-order valence-corrected chi connectivity index (χ3v) is 5.80. The normalized spacial score (nSPS) is 13.3. The highest BCUT2D eigenvalue weighted by Crippen LogP contribution is 2.22. The SMILES string of the molecule is CC(c1ccncc1)n1c(=O)c2cccnc2n(-c2ccccc2[S+](C)[O-])c1=O. The van der Waals surface area contributed by atoms with Crippen molar-refractivity contribution in [1.29, 1.82) is 0 Å². The topological polar surface area (TPSA) is 92.8 Å². The molecule has 2 unspecified atom stereocenters. The minimum atomic E-state index is -1.33. The zero-order valence-electron chi connectivity index (χ0n) is 15.9. The van der Waals surface area contributed by atoms with Crippen LogP contribution in [0.15, 0.2) is 81.6 Å². The maximum Gasteiger partial charge on any atom is 0.338 e. The molecule has 0 aliphatic heterocycles. The molecule has 1 aromatic carbocycles. The van der Waals surface area contributed by atoms with Gasteiger partial charge >= 0.3 is 5.69 Å². The molecule has 3 heterocycles. The fourth-order valence-corrected chi connectivity index (χ4v) is 4.12. The Labute approximate surface area is 169 Å². The van der Waals surface area contributed by atoms with Crippen molar-refractivity contribution >= 4 is 22.2 Å². The number of aromatic nitrogens is 4. The lowest BCUT2D eigenvalue weighted by molar-refractivity contribution is 0.568. The Balaban J connectivity index is 2.12. The number of fused-ring (bicyclic) bond motifs is 1. The summed E-state index contributed by atoms with van der Waals surface area (Å²) >= 11 is -1.33. The highest BCUT2D eigenvalue weighted by Gasteiger charge is 2.23. The van der Waals surface area contributed by atoms with Gasteiger partial charge in [-0.15, -0.1) is 0 Å². The van der Waals surface area contributed by atoms with Crippen LogP contribution in [0.5, 0.6) is 0 Å². The quantitative estimate of drug-likeness (QED) is 0.485. The lowest BCUT2D eigenvalue weighted by atomic mass is 10.1. The summed E-state index contributed by atoms with van der Waals surface area (Å²) < 4.78 is 14.9. The molecule has 0 N–H and O–H groups in total. The highest BCUT2D eigenvalue weighted by atomic mass is 32.2. The number of hydrogen-bond donors (Lipinski definition) is 0. The minimum absolute atomic E-state index is 0.235. The second-order valence-electron chi connectivity index (χ2n) is 6.55. The molecule has 4 rings (SSSR count). The Morgan fingerprint density at radius 1 is 1.00 bits per heavy atom. The summed E-state index contributed by atoms with van der Waals surface area (Å²) in [7, 11) is 0. The van der Waals surface area contributed by atoms with Gasteiger partial charge in [0.1, 0.15) is 11.9 Å². The lowest BCUT2D eigenvalue weighted by Crippen LogP contribution is -2.42. The first-order chi connectivity index (χ1) is 14.0.